The van der Waals surface area contributed by atoms with Crippen molar-refractivity contribution in [2.24, 2.45) is 5.73 Å². The van der Waals surface area contributed by atoms with Gasteiger partial charge in [-0.3, -0.25) is 0 Å². The molecule has 0 bridgehead atoms. The average molecular weight is 278 g/mol. The molecule has 2 aromatic rings. The van der Waals surface area contributed by atoms with Crippen LogP contribution in [0.1, 0.15) is 22.5 Å². The quantitative estimate of drug-likeness (QED) is 0.854. The van der Waals surface area contributed by atoms with Gasteiger partial charge < -0.3 is 10.5 Å². The number of rotatable bonds is 5. The van der Waals surface area contributed by atoms with Crippen LogP contribution in [0, 0.1) is 0 Å². The van der Waals surface area contributed by atoms with Crippen LogP contribution < -0.4 is 10.5 Å². The van der Waals surface area contributed by atoms with E-state index in [0.29, 0.717) is 11.6 Å². The van der Waals surface area contributed by atoms with Crippen LogP contribution in [-0.4, -0.2) is 9.97 Å². The molecule has 1 heterocycles. The molecule has 5 heteroatoms. The molecule has 1 aromatic carbocycles. The Hall–Kier alpha value is -1.46. The number of benzene rings is 1. The molecule has 0 atom stereocenters. The van der Waals surface area contributed by atoms with E-state index in [4.69, 9.17) is 22.7 Å². The lowest BCUT2D eigenvalue weighted by atomic mass is 10.3. The smallest absolute Gasteiger partial charge is 0.140 e. The van der Waals surface area contributed by atoms with Crippen LogP contribution in [0.25, 0.3) is 0 Å². The van der Waals surface area contributed by atoms with Crippen LogP contribution in [0.2, 0.25) is 0 Å². The van der Waals surface area contributed by atoms with Crippen molar-refractivity contribution in [3.05, 3.63) is 45.9 Å². The Kier molecular flexibility index (Phi) is 4.28. The van der Waals surface area contributed by atoms with Gasteiger partial charge in [0, 0.05) is 0 Å². The fraction of sp³-hybridized carbons (Fsp3) is 0.231. The molecule has 0 unspecified atom stereocenters. The highest BCUT2D eigenvalue weighted by Gasteiger charge is 2.12. The lowest BCUT2D eigenvalue weighted by Gasteiger charge is -2.02. The molecule has 3 nitrogen and oxygen atoms in total. The first-order valence-electron chi connectivity index (χ1n) is 5.67. The molecule has 0 saturated carbocycles. The van der Waals surface area contributed by atoms with Crippen molar-refractivity contribution in [3.8, 4) is 5.75 Å². The maximum absolute atomic E-state index is 5.67. The molecule has 0 saturated heterocycles. The second kappa shape index (κ2) is 5.93. The summed E-state index contributed by atoms with van der Waals surface area (Å²) in [6.45, 7) is 2.49. The summed E-state index contributed by atoms with van der Waals surface area (Å²) >= 11 is 6.52. The molecule has 0 aliphatic heterocycles. The summed E-state index contributed by atoms with van der Waals surface area (Å²) in [5, 5.41) is 0.901. The largest absolute Gasteiger partial charge is 0.486 e. The van der Waals surface area contributed by atoms with Crippen molar-refractivity contribution in [1.82, 2.24) is 4.98 Å². The second-order valence-electron chi connectivity index (χ2n) is 3.70. The van der Waals surface area contributed by atoms with Crippen LogP contribution in [0.4, 0.5) is 0 Å². The Morgan fingerprint density at radius 1 is 1.39 bits per heavy atom. The summed E-state index contributed by atoms with van der Waals surface area (Å²) in [7, 11) is 0. The summed E-state index contributed by atoms with van der Waals surface area (Å²) in [6.07, 6.45) is 0.828. The first-order valence-corrected chi connectivity index (χ1v) is 6.89. The van der Waals surface area contributed by atoms with E-state index in [1.807, 2.05) is 37.3 Å². The highest BCUT2D eigenvalue weighted by atomic mass is 32.1. The van der Waals surface area contributed by atoms with E-state index in [1.165, 1.54) is 11.3 Å². The van der Waals surface area contributed by atoms with Gasteiger partial charge in [0.05, 0.1) is 10.6 Å². The van der Waals surface area contributed by atoms with Crippen molar-refractivity contribution >= 4 is 28.5 Å². The maximum atomic E-state index is 5.67. The van der Waals surface area contributed by atoms with E-state index in [0.717, 1.165) is 27.7 Å². The number of nitrogens with two attached hydrogens (primary N) is 1. The van der Waals surface area contributed by atoms with Gasteiger partial charge in [0.25, 0.3) is 0 Å². The van der Waals surface area contributed by atoms with E-state index < -0.39 is 0 Å². The third kappa shape index (κ3) is 3.05. The zero-order chi connectivity index (χ0) is 13.0. The molecule has 0 aliphatic carbocycles. The van der Waals surface area contributed by atoms with Gasteiger partial charge in [0.15, 0.2) is 0 Å². The van der Waals surface area contributed by atoms with Gasteiger partial charge >= 0.3 is 0 Å². The molecule has 0 fully saturated rings. The highest BCUT2D eigenvalue weighted by molar-refractivity contribution is 7.81. The minimum Gasteiger partial charge on any atom is -0.486 e. The van der Waals surface area contributed by atoms with Gasteiger partial charge in [-0.2, -0.15) is 0 Å². The predicted molar refractivity (Wildman–Crippen MR) is 78.2 cm³/mol. The van der Waals surface area contributed by atoms with Crippen molar-refractivity contribution in [3.63, 3.8) is 0 Å². The summed E-state index contributed by atoms with van der Waals surface area (Å²) in [6, 6.07) is 9.67. The molecule has 0 aliphatic rings. The number of aryl methyl sites for hydroxylation is 1. The van der Waals surface area contributed by atoms with E-state index in [2.05, 4.69) is 4.98 Å². The molecule has 2 N–H and O–H groups in total. The fourth-order valence-corrected chi connectivity index (χ4v) is 2.72. The minimum absolute atomic E-state index is 0.412. The zero-order valence-corrected chi connectivity index (χ0v) is 11.7. The number of nitrogens with zero attached hydrogens (tertiary/aromatic N) is 1. The lowest BCUT2D eigenvalue weighted by molar-refractivity contribution is 0.305. The summed E-state index contributed by atoms with van der Waals surface area (Å²) in [5.74, 6) is 0.836. The second-order valence-corrected chi connectivity index (χ2v) is 5.23. The first-order chi connectivity index (χ1) is 8.70. The van der Waals surface area contributed by atoms with Crippen molar-refractivity contribution in [1.29, 1.82) is 0 Å². The monoisotopic (exact) mass is 278 g/mol. The van der Waals surface area contributed by atoms with Crippen LogP contribution in [-0.2, 0) is 13.0 Å². The number of hydrogen-bond acceptors (Lipinski definition) is 4. The number of aromatic nitrogens is 1. The van der Waals surface area contributed by atoms with Crippen molar-refractivity contribution in [2.45, 2.75) is 20.0 Å². The van der Waals surface area contributed by atoms with E-state index in [-0.39, 0.29) is 0 Å². The van der Waals surface area contributed by atoms with Crippen LogP contribution in [0.5, 0.6) is 5.75 Å². The number of ether oxygens (including phenoxy) is 1. The maximum Gasteiger partial charge on any atom is 0.140 e. The molecular formula is C13H14N2OS2. The van der Waals surface area contributed by atoms with Gasteiger partial charge in [-0.25, -0.2) is 4.98 Å². The molecule has 0 radical (unpaired) electrons. The first kappa shape index (κ1) is 13.0. The Labute approximate surface area is 116 Å². The van der Waals surface area contributed by atoms with Gasteiger partial charge in [-0.05, 0) is 18.6 Å². The van der Waals surface area contributed by atoms with Crippen LogP contribution in [0.3, 0.4) is 0 Å². The molecule has 94 valence electrons. The van der Waals surface area contributed by atoms with Crippen molar-refractivity contribution in [2.75, 3.05) is 0 Å². The Balaban J connectivity index is 2.08. The summed E-state index contributed by atoms with van der Waals surface area (Å²) in [5.41, 5.74) is 6.63. The number of para-hydroxylation sites is 1. The van der Waals surface area contributed by atoms with E-state index in [9.17, 15) is 0 Å². The molecular weight excluding hydrogens is 264 g/mol. The van der Waals surface area contributed by atoms with E-state index >= 15 is 0 Å². The van der Waals surface area contributed by atoms with E-state index in [1.54, 1.807) is 0 Å². The Morgan fingerprint density at radius 2 is 2.11 bits per heavy atom. The van der Waals surface area contributed by atoms with Gasteiger partial charge in [0.2, 0.25) is 0 Å². The number of thiazole rings is 1. The summed E-state index contributed by atoms with van der Waals surface area (Å²) < 4.78 is 5.65. The Bertz CT molecular complexity index is 537. The predicted octanol–water partition coefficient (Wildman–Crippen LogP) is 2.92. The summed E-state index contributed by atoms with van der Waals surface area (Å²) in [4.78, 5) is 5.81. The standard InChI is InChI=1S/C13H14N2OS2/c1-2-10-12(13(14)17)18-11(15-10)8-16-9-6-4-3-5-7-9/h3-7H,2,8H2,1H3,(H2,14,17). The van der Waals surface area contributed by atoms with Crippen LogP contribution in [0.15, 0.2) is 30.3 Å². The zero-order valence-electron chi connectivity index (χ0n) is 10.1. The SMILES string of the molecule is CCc1nc(COc2ccccc2)sc1C(N)=S. The molecule has 0 amide bonds. The molecule has 18 heavy (non-hydrogen) atoms. The fourth-order valence-electron chi connectivity index (χ4n) is 1.56. The van der Waals surface area contributed by atoms with Gasteiger partial charge in [-0.1, -0.05) is 37.3 Å². The highest BCUT2D eigenvalue weighted by Crippen LogP contribution is 2.21. The molecule has 1 aromatic heterocycles. The molecule has 0 spiro atoms. The lowest BCUT2D eigenvalue weighted by Crippen LogP contribution is -2.09. The number of thiocarbonyl (C=S) groups is 1. The normalized spacial score (nSPS) is 10.3. The Morgan fingerprint density at radius 3 is 2.67 bits per heavy atom. The molecule has 2 rings (SSSR count). The van der Waals surface area contributed by atoms with Crippen molar-refractivity contribution < 1.29 is 4.74 Å². The van der Waals surface area contributed by atoms with Gasteiger partial charge in [0.1, 0.15) is 22.4 Å². The van der Waals surface area contributed by atoms with Gasteiger partial charge in [-0.15, -0.1) is 11.3 Å². The van der Waals surface area contributed by atoms with Crippen LogP contribution >= 0.6 is 23.6 Å². The third-order valence-corrected chi connectivity index (χ3v) is 3.84. The third-order valence-electron chi connectivity index (χ3n) is 2.41. The number of hydrogen-bond donors (Lipinski definition) is 1. The minimum atomic E-state index is 0.412. The average Bonchev–Trinajstić information content (AvgIpc) is 2.81. The topological polar surface area (TPSA) is 48.1 Å².